The van der Waals surface area contributed by atoms with Crippen LogP contribution < -0.4 is 5.73 Å². The molecule has 4 nitrogen and oxygen atoms in total. The third-order valence-corrected chi connectivity index (χ3v) is 2.54. The van der Waals surface area contributed by atoms with Gasteiger partial charge in [0.1, 0.15) is 0 Å². The Hall–Kier alpha value is -0.550. The number of aliphatic carboxylic acids is 1. The molecule has 0 aliphatic heterocycles. The van der Waals surface area contributed by atoms with Crippen LogP contribution in [0.25, 0.3) is 0 Å². The van der Waals surface area contributed by atoms with Crippen LogP contribution >= 0.6 is 11.8 Å². The van der Waals surface area contributed by atoms with Crippen molar-refractivity contribution < 1.29 is 14.7 Å². The zero-order chi connectivity index (χ0) is 8.65. The van der Waals surface area contributed by atoms with E-state index in [1.807, 2.05) is 6.26 Å². The van der Waals surface area contributed by atoms with Gasteiger partial charge in [0.2, 0.25) is 0 Å². The first-order valence-electron chi connectivity index (χ1n) is 3.10. The highest BCUT2D eigenvalue weighted by Crippen LogP contribution is 2.38. The van der Waals surface area contributed by atoms with Crippen molar-refractivity contribution in [3.63, 3.8) is 0 Å². The lowest BCUT2D eigenvalue weighted by Crippen LogP contribution is -2.37. The molecule has 0 spiro atoms. The van der Waals surface area contributed by atoms with Gasteiger partial charge in [-0.25, -0.2) is 4.79 Å². The second-order valence-electron chi connectivity index (χ2n) is 2.55. The van der Waals surface area contributed by atoms with Crippen LogP contribution in [0.5, 0.6) is 0 Å². The van der Waals surface area contributed by atoms with E-state index < -0.39 is 17.4 Å². The maximum absolute atomic E-state index is 10.9. The molecular formula is C6H9NO3S. The van der Waals surface area contributed by atoms with E-state index in [2.05, 4.69) is 0 Å². The largest absolute Gasteiger partial charge is 0.480 e. The van der Waals surface area contributed by atoms with Gasteiger partial charge >= 0.3 is 5.97 Å². The highest BCUT2D eigenvalue weighted by molar-refractivity contribution is 7.98. The lowest BCUT2D eigenvalue weighted by atomic mass is 10.2. The molecule has 0 saturated heterocycles. The molecule has 0 heterocycles. The molecular weight excluding hydrogens is 166 g/mol. The standard InChI is InChI=1S/C6H9NO3S/c1-11-2-3-4(8)6(3,7)5(9)10/h3H,2,7H2,1H3,(H,9,10)/t3?,6-/m0/s1. The Bertz CT molecular complexity index is 218. The van der Waals surface area contributed by atoms with E-state index in [9.17, 15) is 9.59 Å². The number of carbonyl (C=O) groups is 2. The van der Waals surface area contributed by atoms with Gasteiger partial charge in [-0.2, -0.15) is 11.8 Å². The van der Waals surface area contributed by atoms with E-state index in [4.69, 9.17) is 10.8 Å². The van der Waals surface area contributed by atoms with Gasteiger partial charge in [0, 0.05) is 5.75 Å². The van der Waals surface area contributed by atoms with Crippen molar-refractivity contribution in [3.05, 3.63) is 0 Å². The Labute approximate surface area is 68.1 Å². The third-order valence-electron chi connectivity index (χ3n) is 1.88. The fourth-order valence-corrected chi connectivity index (χ4v) is 1.76. The van der Waals surface area contributed by atoms with E-state index in [0.29, 0.717) is 5.75 Å². The Kier molecular flexibility index (Phi) is 1.94. The summed E-state index contributed by atoms with van der Waals surface area (Å²) in [6.07, 6.45) is 1.81. The number of carboxylic acid groups (broad SMARTS) is 1. The van der Waals surface area contributed by atoms with Crippen molar-refractivity contribution >= 4 is 23.5 Å². The number of Topliss-reactive ketones (excluding diaryl/α,β-unsaturated/α-hetero) is 1. The van der Waals surface area contributed by atoms with Crippen molar-refractivity contribution in [2.45, 2.75) is 5.54 Å². The quantitative estimate of drug-likeness (QED) is 0.556. The monoisotopic (exact) mass is 175 g/mol. The number of carbonyl (C=O) groups excluding carboxylic acids is 1. The second-order valence-corrected chi connectivity index (χ2v) is 3.46. The summed E-state index contributed by atoms with van der Waals surface area (Å²) in [6.45, 7) is 0. The van der Waals surface area contributed by atoms with E-state index in [1.165, 1.54) is 11.8 Å². The van der Waals surface area contributed by atoms with Crippen LogP contribution in [-0.4, -0.2) is 34.4 Å². The molecule has 1 unspecified atom stereocenters. The topological polar surface area (TPSA) is 80.4 Å². The zero-order valence-electron chi connectivity index (χ0n) is 6.03. The van der Waals surface area contributed by atoms with Crippen molar-refractivity contribution in [1.29, 1.82) is 0 Å². The summed E-state index contributed by atoms with van der Waals surface area (Å²) in [6, 6.07) is 0. The molecule has 1 aliphatic rings. The molecule has 0 aromatic heterocycles. The minimum Gasteiger partial charge on any atom is -0.480 e. The Balaban J connectivity index is 2.65. The highest BCUT2D eigenvalue weighted by atomic mass is 32.2. The number of nitrogens with two attached hydrogens (primary N) is 1. The highest BCUT2D eigenvalue weighted by Gasteiger charge is 2.67. The van der Waals surface area contributed by atoms with E-state index in [-0.39, 0.29) is 5.78 Å². The van der Waals surface area contributed by atoms with Crippen LogP contribution in [0.4, 0.5) is 0 Å². The number of thioether (sulfide) groups is 1. The molecule has 0 aromatic rings. The van der Waals surface area contributed by atoms with Gasteiger partial charge in [-0.15, -0.1) is 0 Å². The number of carboxylic acids is 1. The molecule has 1 saturated carbocycles. The summed E-state index contributed by atoms with van der Waals surface area (Å²) >= 11 is 1.43. The molecule has 0 bridgehead atoms. The van der Waals surface area contributed by atoms with Crippen molar-refractivity contribution in [3.8, 4) is 0 Å². The Morgan fingerprint density at radius 2 is 2.45 bits per heavy atom. The fourth-order valence-electron chi connectivity index (χ4n) is 1.01. The zero-order valence-corrected chi connectivity index (χ0v) is 6.85. The Morgan fingerprint density at radius 1 is 1.91 bits per heavy atom. The summed E-state index contributed by atoms with van der Waals surface area (Å²) < 4.78 is 0. The normalized spacial score (nSPS) is 35.5. The molecule has 0 radical (unpaired) electrons. The number of hydrogen-bond donors (Lipinski definition) is 2. The predicted molar refractivity (Wildman–Crippen MR) is 41.4 cm³/mol. The lowest BCUT2D eigenvalue weighted by molar-refractivity contribution is -0.140. The summed E-state index contributed by atoms with van der Waals surface area (Å²) in [7, 11) is 0. The van der Waals surface area contributed by atoms with Crippen LogP contribution in [-0.2, 0) is 9.59 Å². The molecule has 0 amide bonds. The molecule has 5 heteroatoms. The van der Waals surface area contributed by atoms with E-state index in [0.717, 1.165) is 0 Å². The van der Waals surface area contributed by atoms with Crippen LogP contribution in [0.3, 0.4) is 0 Å². The SMILES string of the molecule is CSCC1C(=O)[C@]1(N)C(=O)O. The number of rotatable bonds is 3. The van der Waals surface area contributed by atoms with Gasteiger partial charge in [0.25, 0.3) is 0 Å². The number of ketones is 1. The molecule has 3 N–H and O–H groups in total. The molecule has 62 valence electrons. The maximum Gasteiger partial charge on any atom is 0.332 e. The first-order chi connectivity index (χ1) is 5.05. The molecule has 1 aliphatic carbocycles. The predicted octanol–water partition coefficient (Wildman–Crippen LogP) is -0.670. The average Bonchev–Trinajstić information content (AvgIpc) is 2.43. The molecule has 11 heavy (non-hydrogen) atoms. The third kappa shape index (κ3) is 1.04. The van der Waals surface area contributed by atoms with Gasteiger partial charge in [0.05, 0.1) is 5.92 Å². The van der Waals surface area contributed by atoms with Crippen LogP contribution in [0.15, 0.2) is 0 Å². The summed E-state index contributed by atoms with van der Waals surface area (Å²) in [5, 5.41) is 8.52. The first kappa shape index (κ1) is 8.55. The van der Waals surface area contributed by atoms with Crippen molar-refractivity contribution in [1.82, 2.24) is 0 Å². The van der Waals surface area contributed by atoms with Gasteiger partial charge < -0.3 is 10.8 Å². The average molecular weight is 175 g/mol. The summed E-state index contributed by atoms with van der Waals surface area (Å²) in [4.78, 5) is 21.3. The van der Waals surface area contributed by atoms with Crippen molar-refractivity contribution in [2.75, 3.05) is 12.0 Å². The van der Waals surface area contributed by atoms with Gasteiger partial charge in [-0.1, -0.05) is 0 Å². The van der Waals surface area contributed by atoms with Gasteiger partial charge in [-0.3, -0.25) is 4.79 Å². The summed E-state index contributed by atoms with van der Waals surface area (Å²) in [5.41, 5.74) is 3.73. The second kappa shape index (κ2) is 2.49. The minimum atomic E-state index is -1.57. The van der Waals surface area contributed by atoms with E-state index >= 15 is 0 Å². The lowest BCUT2D eigenvalue weighted by Gasteiger charge is -1.99. The van der Waals surface area contributed by atoms with Crippen molar-refractivity contribution in [2.24, 2.45) is 11.7 Å². The molecule has 1 fully saturated rings. The minimum absolute atomic E-state index is 0.348. The van der Waals surface area contributed by atoms with E-state index in [1.54, 1.807) is 0 Å². The Morgan fingerprint density at radius 3 is 2.73 bits per heavy atom. The first-order valence-corrected chi connectivity index (χ1v) is 4.50. The molecule has 1 rings (SSSR count). The van der Waals surface area contributed by atoms with Gasteiger partial charge in [-0.05, 0) is 6.26 Å². The van der Waals surface area contributed by atoms with Crippen LogP contribution in [0, 0.1) is 5.92 Å². The fraction of sp³-hybridized carbons (Fsp3) is 0.667. The smallest absolute Gasteiger partial charge is 0.332 e. The van der Waals surface area contributed by atoms with Crippen LogP contribution in [0.1, 0.15) is 0 Å². The van der Waals surface area contributed by atoms with Gasteiger partial charge in [0.15, 0.2) is 11.3 Å². The summed E-state index contributed by atoms with van der Waals surface area (Å²) in [5.74, 6) is -1.53. The molecule has 2 atom stereocenters. The molecule has 0 aromatic carbocycles. The maximum atomic E-state index is 10.9. The number of hydrogen-bond acceptors (Lipinski definition) is 4. The van der Waals surface area contributed by atoms with Crippen LogP contribution in [0.2, 0.25) is 0 Å².